The Morgan fingerprint density at radius 3 is 2.92 bits per heavy atom. The van der Waals surface area contributed by atoms with Crippen molar-refractivity contribution in [1.29, 1.82) is 0 Å². The lowest BCUT2D eigenvalue weighted by Crippen LogP contribution is -1.98. The second kappa shape index (κ2) is 3.10. The van der Waals surface area contributed by atoms with Crippen LogP contribution in [-0.2, 0) is 0 Å². The molecule has 0 saturated carbocycles. The Kier molecular flexibility index (Phi) is 1.94. The van der Waals surface area contributed by atoms with E-state index >= 15 is 0 Å². The van der Waals surface area contributed by atoms with Gasteiger partial charge in [0.05, 0.1) is 6.20 Å². The molecule has 0 aliphatic rings. The van der Waals surface area contributed by atoms with Crippen molar-refractivity contribution in [2.75, 3.05) is 0 Å². The molecule has 1 radical (unpaired) electrons. The summed E-state index contributed by atoms with van der Waals surface area (Å²) in [6, 6.07) is 1.77. The topological polar surface area (TPSA) is 43.6 Å². The average molecular weight is 191 g/mol. The first-order valence-electron chi connectivity index (χ1n) is 3.77. The number of aryl methyl sites for hydroxylation is 1. The first kappa shape index (κ1) is 8.12. The highest BCUT2D eigenvalue weighted by molar-refractivity contribution is 7.80. The Balaban J connectivity index is 2.46. The highest BCUT2D eigenvalue weighted by Crippen LogP contribution is 2.05. The Morgan fingerprint density at radius 2 is 2.31 bits per heavy atom. The second-order valence-corrected chi connectivity index (χ2v) is 3.02. The summed E-state index contributed by atoms with van der Waals surface area (Å²) < 4.78 is 1.67. The Hall–Kier alpha value is -1.49. The highest BCUT2D eigenvalue weighted by Gasteiger charge is 1.99. The fourth-order valence-corrected chi connectivity index (χ4v) is 1.15. The van der Waals surface area contributed by atoms with Crippen molar-refractivity contribution in [3.05, 3.63) is 30.2 Å². The van der Waals surface area contributed by atoms with E-state index in [9.17, 15) is 0 Å². The monoisotopic (exact) mass is 191 g/mol. The van der Waals surface area contributed by atoms with Crippen molar-refractivity contribution in [1.82, 2.24) is 19.7 Å². The normalized spacial score (nSPS) is 10.2. The molecule has 2 aromatic heterocycles. The molecule has 65 valence electrons. The molecule has 0 aliphatic carbocycles. The van der Waals surface area contributed by atoms with Gasteiger partial charge in [-0.3, -0.25) is 0 Å². The van der Waals surface area contributed by atoms with Crippen LogP contribution in [0.5, 0.6) is 0 Å². The molecule has 0 saturated heterocycles. The zero-order valence-corrected chi connectivity index (χ0v) is 7.82. The van der Waals surface area contributed by atoms with Gasteiger partial charge in [0.25, 0.3) is 0 Å². The third-order valence-electron chi connectivity index (χ3n) is 1.57. The molecule has 0 atom stereocenters. The molecule has 2 heterocycles. The Bertz CT molecular complexity index is 424. The van der Waals surface area contributed by atoms with Crippen molar-refractivity contribution in [3.63, 3.8) is 0 Å². The maximum atomic E-state index is 4.84. The lowest BCUT2D eigenvalue weighted by Gasteiger charge is -1.98. The highest BCUT2D eigenvalue weighted by atomic mass is 32.1. The van der Waals surface area contributed by atoms with Crippen molar-refractivity contribution in [3.8, 4) is 5.82 Å². The van der Waals surface area contributed by atoms with Crippen LogP contribution in [0.15, 0.2) is 29.8 Å². The van der Waals surface area contributed by atoms with Gasteiger partial charge in [-0.15, -0.1) is 0 Å². The maximum Gasteiger partial charge on any atom is 0.221 e. The lowest BCUT2D eigenvalue weighted by molar-refractivity contribution is 0.808. The predicted octanol–water partition coefficient (Wildman–Crippen LogP) is 1.53. The van der Waals surface area contributed by atoms with Crippen LogP contribution < -0.4 is 0 Å². The summed E-state index contributed by atoms with van der Waals surface area (Å²) in [7, 11) is 0. The molecule has 0 aromatic carbocycles. The first-order valence-corrected chi connectivity index (χ1v) is 4.18. The van der Waals surface area contributed by atoms with Gasteiger partial charge in [0, 0.05) is 18.5 Å². The molecule has 0 aliphatic heterocycles. The van der Waals surface area contributed by atoms with Gasteiger partial charge in [-0.1, -0.05) is 0 Å². The summed E-state index contributed by atoms with van der Waals surface area (Å²) in [6.07, 6.45) is 5.28. The fourth-order valence-electron chi connectivity index (χ4n) is 0.998. The molecule has 2 rings (SSSR count). The molecular formula is C8H7N4S. The first-order chi connectivity index (χ1) is 6.25. The summed E-state index contributed by atoms with van der Waals surface area (Å²) >= 11 is 4.84. The molecule has 13 heavy (non-hydrogen) atoms. The zero-order valence-electron chi connectivity index (χ0n) is 7.01. The number of hydrogen-bond acceptors (Lipinski definition) is 3. The van der Waals surface area contributed by atoms with Gasteiger partial charge in [-0.05, 0) is 25.1 Å². The van der Waals surface area contributed by atoms with Crippen LogP contribution in [0.2, 0.25) is 0 Å². The Labute approximate surface area is 81.1 Å². The molecule has 0 spiro atoms. The number of aromatic nitrogens is 4. The Morgan fingerprint density at radius 1 is 1.46 bits per heavy atom. The molecule has 0 fully saturated rings. The van der Waals surface area contributed by atoms with E-state index in [2.05, 4.69) is 15.1 Å². The average Bonchev–Trinajstić information content (AvgIpc) is 2.52. The largest absolute Gasteiger partial charge is 0.227 e. The van der Waals surface area contributed by atoms with Crippen LogP contribution in [0.1, 0.15) is 5.56 Å². The van der Waals surface area contributed by atoms with Crippen molar-refractivity contribution in [2.24, 2.45) is 0 Å². The number of rotatable bonds is 1. The maximum absolute atomic E-state index is 4.84. The summed E-state index contributed by atoms with van der Waals surface area (Å²) in [5.41, 5.74) is 1.09. The van der Waals surface area contributed by atoms with Crippen LogP contribution in [0, 0.1) is 6.92 Å². The lowest BCUT2D eigenvalue weighted by atomic mass is 10.4. The van der Waals surface area contributed by atoms with Gasteiger partial charge in [0.1, 0.15) is 0 Å². The second-order valence-electron chi connectivity index (χ2n) is 2.66. The fraction of sp³-hybridized carbons (Fsp3) is 0.125. The third-order valence-corrected chi connectivity index (χ3v) is 1.76. The van der Waals surface area contributed by atoms with Crippen LogP contribution in [0.3, 0.4) is 0 Å². The summed E-state index contributed by atoms with van der Waals surface area (Å²) in [5.74, 6) is 0.702. The standard InChI is InChI=1S/C8H7N4S/c1-6-4-10-12(5-6)7-2-3-9-8(13)11-7/h2-5H,1H3. The summed E-state index contributed by atoms with van der Waals surface area (Å²) in [6.45, 7) is 1.97. The number of nitrogens with zero attached hydrogens (tertiary/aromatic N) is 4. The van der Waals surface area contributed by atoms with E-state index in [-0.39, 0.29) is 0 Å². The molecule has 2 aromatic rings. The van der Waals surface area contributed by atoms with Crippen LogP contribution >= 0.6 is 12.6 Å². The van der Waals surface area contributed by atoms with E-state index < -0.39 is 0 Å². The van der Waals surface area contributed by atoms with Crippen LogP contribution in [0.4, 0.5) is 0 Å². The van der Waals surface area contributed by atoms with E-state index in [1.807, 2.05) is 13.1 Å². The van der Waals surface area contributed by atoms with Crippen molar-refractivity contribution >= 4 is 12.6 Å². The minimum Gasteiger partial charge on any atom is -0.227 e. The molecule has 4 nitrogen and oxygen atoms in total. The van der Waals surface area contributed by atoms with Gasteiger partial charge in [-0.2, -0.15) is 10.1 Å². The van der Waals surface area contributed by atoms with E-state index in [1.165, 1.54) is 0 Å². The van der Waals surface area contributed by atoms with Gasteiger partial charge in [0.2, 0.25) is 5.16 Å². The summed E-state index contributed by atoms with van der Waals surface area (Å²) in [5, 5.41) is 4.45. The molecule has 0 amide bonds. The molecule has 0 unspecified atom stereocenters. The molecule has 0 N–H and O–H groups in total. The van der Waals surface area contributed by atoms with Gasteiger partial charge < -0.3 is 0 Å². The quantitative estimate of drug-likeness (QED) is 0.642. The molecule has 0 bridgehead atoms. The van der Waals surface area contributed by atoms with E-state index in [1.54, 1.807) is 23.1 Å². The predicted molar refractivity (Wildman–Crippen MR) is 49.7 cm³/mol. The minimum atomic E-state index is 0.339. The van der Waals surface area contributed by atoms with Crippen molar-refractivity contribution < 1.29 is 0 Å². The number of hydrogen-bond donors (Lipinski definition) is 0. The van der Waals surface area contributed by atoms with E-state index in [4.69, 9.17) is 12.6 Å². The van der Waals surface area contributed by atoms with E-state index in [0.717, 1.165) is 5.56 Å². The SMILES string of the molecule is Cc1cnn(-c2ccnc([S])n2)c1. The van der Waals surface area contributed by atoms with Gasteiger partial charge >= 0.3 is 0 Å². The van der Waals surface area contributed by atoms with Crippen LogP contribution in [0.25, 0.3) is 5.82 Å². The summed E-state index contributed by atoms with van der Waals surface area (Å²) in [4.78, 5) is 7.90. The van der Waals surface area contributed by atoms with E-state index in [0.29, 0.717) is 11.0 Å². The van der Waals surface area contributed by atoms with Crippen molar-refractivity contribution in [2.45, 2.75) is 12.1 Å². The van der Waals surface area contributed by atoms with Gasteiger partial charge in [-0.25, -0.2) is 9.67 Å². The molecule has 5 heteroatoms. The van der Waals surface area contributed by atoms with Gasteiger partial charge in [0.15, 0.2) is 5.82 Å². The third kappa shape index (κ3) is 1.65. The zero-order chi connectivity index (χ0) is 9.26. The van der Waals surface area contributed by atoms with Crippen LogP contribution in [-0.4, -0.2) is 19.7 Å². The minimum absolute atomic E-state index is 0.339. The molecular weight excluding hydrogens is 184 g/mol. The smallest absolute Gasteiger partial charge is 0.221 e.